The predicted molar refractivity (Wildman–Crippen MR) is 60.2 cm³/mol. The van der Waals surface area contributed by atoms with E-state index in [0.29, 0.717) is 10.2 Å². The molecule has 0 atom stereocenters. The Labute approximate surface area is 101 Å². The lowest BCUT2D eigenvalue weighted by atomic mass is 10.2. The van der Waals surface area contributed by atoms with Crippen molar-refractivity contribution in [1.29, 1.82) is 0 Å². The summed E-state index contributed by atoms with van der Waals surface area (Å²) < 4.78 is 5.26. The summed E-state index contributed by atoms with van der Waals surface area (Å²) >= 11 is 3.09. The summed E-state index contributed by atoms with van der Waals surface area (Å²) in [6.07, 6.45) is 1.37. The van der Waals surface area contributed by atoms with Crippen LogP contribution in [-0.4, -0.2) is 34.5 Å². The number of carbonyl (C=O) groups excluding carboxylic acids is 1. The molecule has 1 N–H and O–H groups in total. The highest BCUT2D eigenvalue weighted by Gasteiger charge is 2.24. The molecule has 0 aromatic carbocycles. The van der Waals surface area contributed by atoms with Crippen LogP contribution in [-0.2, 0) is 4.79 Å². The van der Waals surface area contributed by atoms with Crippen molar-refractivity contribution in [2.45, 2.75) is 19.9 Å². The first-order chi connectivity index (χ1) is 7.43. The van der Waals surface area contributed by atoms with Gasteiger partial charge in [0.2, 0.25) is 0 Å². The minimum absolute atomic E-state index is 0.189. The molecule has 1 rings (SSSR count). The van der Waals surface area contributed by atoms with Crippen molar-refractivity contribution in [3.05, 3.63) is 22.6 Å². The first-order valence-electron chi connectivity index (χ1n) is 4.69. The third-order valence-electron chi connectivity index (χ3n) is 2.04. The molecule has 16 heavy (non-hydrogen) atoms. The fourth-order valence-electron chi connectivity index (χ4n) is 1.24. The molecular formula is C10H12BrNO4. The number of halogens is 1. The Morgan fingerprint density at radius 3 is 2.56 bits per heavy atom. The van der Waals surface area contributed by atoms with E-state index in [1.807, 2.05) is 0 Å². The molecule has 0 fully saturated rings. The fraction of sp³-hybridized carbons (Fsp3) is 0.400. The summed E-state index contributed by atoms with van der Waals surface area (Å²) in [5.74, 6) is -1.40. The summed E-state index contributed by atoms with van der Waals surface area (Å²) in [5.41, 5.74) is 0.329. The van der Waals surface area contributed by atoms with Gasteiger partial charge in [0.25, 0.3) is 5.91 Å². The van der Waals surface area contributed by atoms with E-state index in [0.717, 1.165) is 0 Å². The van der Waals surface area contributed by atoms with Gasteiger partial charge in [-0.1, -0.05) is 0 Å². The highest BCUT2D eigenvalue weighted by molar-refractivity contribution is 9.10. The number of rotatable bonds is 4. The molecule has 1 aromatic rings. The second kappa shape index (κ2) is 5.16. The molecule has 1 heterocycles. The fourth-order valence-corrected chi connectivity index (χ4v) is 1.65. The van der Waals surface area contributed by atoms with Crippen LogP contribution in [0.4, 0.5) is 0 Å². The number of nitrogens with zero attached hydrogens (tertiary/aromatic N) is 1. The van der Waals surface area contributed by atoms with Gasteiger partial charge in [0.15, 0.2) is 4.67 Å². The van der Waals surface area contributed by atoms with Gasteiger partial charge in [0.1, 0.15) is 6.54 Å². The Morgan fingerprint density at radius 2 is 2.19 bits per heavy atom. The first kappa shape index (κ1) is 12.8. The molecule has 1 aromatic heterocycles. The Hall–Kier alpha value is -1.30. The van der Waals surface area contributed by atoms with Gasteiger partial charge in [-0.3, -0.25) is 9.59 Å². The lowest BCUT2D eigenvalue weighted by Gasteiger charge is -2.24. The summed E-state index contributed by atoms with van der Waals surface area (Å²) in [6, 6.07) is 1.31. The van der Waals surface area contributed by atoms with E-state index < -0.39 is 5.97 Å². The van der Waals surface area contributed by atoms with Gasteiger partial charge < -0.3 is 14.4 Å². The molecule has 0 bridgehead atoms. The lowest BCUT2D eigenvalue weighted by molar-refractivity contribution is -0.138. The molecule has 0 saturated carbocycles. The number of hydrogen-bond donors (Lipinski definition) is 1. The van der Waals surface area contributed by atoms with E-state index >= 15 is 0 Å². The zero-order valence-corrected chi connectivity index (χ0v) is 10.5. The molecule has 1 amide bonds. The van der Waals surface area contributed by atoms with Crippen molar-refractivity contribution in [2.75, 3.05) is 6.54 Å². The molecule has 0 aliphatic carbocycles. The standard InChI is InChI=1S/C10H12BrNO4/c1-6(2)12(5-8(13)14)10(15)7-3-4-16-9(7)11/h3-4,6H,5H2,1-2H3,(H,13,14). The smallest absolute Gasteiger partial charge is 0.323 e. The SMILES string of the molecule is CC(C)N(CC(=O)O)C(=O)c1ccoc1Br. The van der Waals surface area contributed by atoms with E-state index in [2.05, 4.69) is 15.9 Å². The average molecular weight is 290 g/mol. The number of hydrogen-bond acceptors (Lipinski definition) is 3. The minimum atomic E-state index is -1.04. The zero-order chi connectivity index (χ0) is 12.3. The van der Waals surface area contributed by atoms with Crippen molar-refractivity contribution < 1.29 is 19.1 Å². The predicted octanol–water partition coefficient (Wildman–Crippen LogP) is 1.98. The largest absolute Gasteiger partial charge is 0.480 e. The van der Waals surface area contributed by atoms with E-state index in [9.17, 15) is 9.59 Å². The second-order valence-corrected chi connectivity index (χ2v) is 4.25. The number of furan rings is 1. The Balaban J connectivity index is 2.92. The normalized spacial score (nSPS) is 10.5. The van der Waals surface area contributed by atoms with Crippen LogP contribution in [0.1, 0.15) is 24.2 Å². The monoisotopic (exact) mass is 289 g/mol. The molecular weight excluding hydrogens is 278 g/mol. The van der Waals surface area contributed by atoms with E-state index in [4.69, 9.17) is 9.52 Å². The molecule has 5 nitrogen and oxygen atoms in total. The highest BCUT2D eigenvalue weighted by atomic mass is 79.9. The first-order valence-corrected chi connectivity index (χ1v) is 5.48. The maximum Gasteiger partial charge on any atom is 0.323 e. The van der Waals surface area contributed by atoms with Gasteiger partial charge in [-0.2, -0.15) is 0 Å². The van der Waals surface area contributed by atoms with Crippen LogP contribution in [0.2, 0.25) is 0 Å². The average Bonchev–Trinajstić information content (AvgIpc) is 2.59. The van der Waals surface area contributed by atoms with Crippen LogP contribution in [0, 0.1) is 0 Å². The van der Waals surface area contributed by atoms with Gasteiger partial charge in [-0.05, 0) is 35.8 Å². The molecule has 0 radical (unpaired) electrons. The topological polar surface area (TPSA) is 70.8 Å². The van der Waals surface area contributed by atoms with Crippen LogP contribution < -0.4 is 0 Å². The van der Waals surface area contributed by atoms with Crippen molar-refractivity contribution in [3.8, 4) is 0 Å². The number of aliphatic carboxylic acids is 1. The molecule has 0 aliphatic rings. The Bertz CT molecular complexity index is 399. The molecule has 6 heteroatoms. The van der Waals surface area contributed by atoms with Gasteiger partial charge in [-0.15, -0.1) is 0 Å². The van der Waals surface area contributed by atoms with Crippen molar-refractivity contribution >= 4 is 27.8 Å². The number of carboxylic acid groups (broad SMARTS) is 1. The molecule has 0 unspecified atom stereocenters. The van der Waals surface area contributed by atoms with E-state index in [1.54, 1.807) is 13.8 Å². The zero-order valence-electron chi connectivity index (χ0n) is 8.94. The Morgan fingerprint density at radius 1 is 1.56 bits per heavy atom. The summed E-state index contributed by atoms with van der Waals surface area (Å²) in [6.45, 7) is 3.19. The number of amides is 1. The lowest BCUT2D eigenvalue weighted by Crippen LogP contribution is -2.40. The highest BCUT2D eigenvalue weighted by Crippen LogP contribution is 2.20. The Kier molecular flexibility index (Phi) is 4.12. The summed E-state index contributed by atoms with van der Waals surface area (Å²) in [7, 11) is 0. The molecule has 0 spiro atoms. The third-order valence-corrected chi connectivity index (χ3v) is 2.65. The van der Waals surface area contributed by atoms with Crippen LogP contribution in [0.15, 0.2) is 21.4 Å². The van der Waals surface area contributed by atoms with E-state index in [1.165, 1.54) is 17.2 Å². The third kappa shape index (κ3) is 2.85. The maximum absolute atomic E-state index is 12.0. The van der Waals surface area contributed by atoms with Gasteiger partial charge in [0, 0.05) is 6.04 Å². The van der Waals surface area contributed by atoms with Crippen LogP contribution >= 0.6 is 15.9 Å². The minimum Gasteiger partial charge on any atom is -0.480 e. The van der Waals surface area contributed by atoms with E-state index in [-0.39, 0.29) is 18.5 Å². The summed E-state index contributed by atoms with van der Waals surface area (Å²) in [4.78, 5) is 23.9. The van der Waals surface area contributed by atoms with Crippen molar-refractivity contribution in [3.63, 3.8) is 0 Å². The molecule has 88 valence electrons. The van der Waals surface area contributed by atoms with Crippen LogP contribution in [0.25, 0.3) is 0 Å². The van der Waals surface area contributed by atoms with Crippen molar-refractivity contribution in [2.24, 2.45) is 0 Å². The van der Waals surface area contributed by atoms with Gasteiger partial charge >= 0.3 is 5.97 Å². The number of carboxylic acids is 1. The maximum atomic E-state index is 12.0. The van der Waals surface area contributed by atoms with Crippen molar-refractivity contribution in [1.82, 2.24) is 4.90 Å². The summed E-state index contributed by atoms with van der Waals surface area (Å²) in [5, 5.41) is 8.72. The van der Waals surface area contributed by atoms with Gasteiger partial charge in [-0.25, -0.2) is 0 Å². The number of carbonyl (C=O) groups is 2. The van der Waals surface area contributed by atoms with Gasteiger partial charge in [0.05, 0.1) is 11.8 Å². The second-order valence-electron chi connectivity index (χ2n) is 3.53. The van der Waals surface area contributed by atoms with Crippen LogP contribution in [0.5, 0.6) is 0 Å². The quantitative estimate of drug-likeness (QED) is 0.920. The molecule has 0 saturated heterocycles. The molecule has 0 aliphatic heterocycles. The van der Waals surface area contributed by atoms with Crippen LogP contribution in [0.3, 0.4) is 0 Å².